The zero-order valence-electron chi connectivity index (χ0n) is 12.3. The number of hydrogen-bond acceptors (Lipinski definition) is 4. The smallest absolute Gasteiger partial charge is 1.00 e. The van der Waals surface area contributed by atoms with Crippen molar-refractivity contribution >= 4 is 22.9 Å². The van der Waals surface area contributed by atoms with E-state index in [1.807, 2.05) is 30.3 Å². The monoisotopic (exact) mass is 327 g/mol. The van der Waals surface area contributed by atoms with Gasteiger partial charge in [-0.05, 0) is 12.0 Å². The van der Waals surface area contributed by atoms with E-state index in [1.165, 1.54) is 0 Å². The molecule has 0 spiro atoms. The maximum atomic E-state index is 11.2. The summed E-state index contributed by atoms with van der Waals surface area (Å²) in [6, 6.07) is 9.30. The van der Waals surface area contributed by atoms with E-state index in [0.717, 1.165) is 9.87 Å². The number of hydrogen-bond donors (Lipinski definition) is 2. The average Bonchev–Trinajstić information content (AvgIpc) is 2.72. The van der Waals surface area contributed by atoms with Gasteiger partial charge in [0.2, 0.25) is 0 Å². The zero-order chi connectivity index (χ0) is 13.9. The van der Waals surface area contributed by atoms with Gasteiger partial charge < -0.3 is 6.16 Å². The Morgan fingerprint density at radius 2 is 2.05 bits per heavy atom. The first-order chi connectivity index (χ1) is 8.97. The molecule has 1 saturated heterocycles. The van der Waals surface area contributed by atoms with Crippen molar-refractivity contribution < 1.29 is 48.7 Å². The number of nitrogens with zero attached hydrogens (tertiary/aromatic N) is 1. The molecule has 5 nitrogen and oxygen atoms in total. The molecule has 1 heterocycles. The van der Waals surface area contributed by atoms with Crippen molar-refractivity contribution in [2.24, 2.45) is 0 Å². The van der Waals surface area contributed by atoms with Crippen LogP contribution in [0.2, 0.25) is 0 Å². The largest absolute Gasteiger partial charge is 1.00 e. The number of thiol groups is 1. The second-order valence-corrected chi connectivity index (χ2v) is 6.69. The third kappa shape index (κ3) is 5.31. The van der Waals surface area contributed by atoms with Gasteiger partial charge in [0.15, 0.2) is 0 Å². The maximum absolute atomic E-state index is 11.2. The fraction of sp³-hybridized carbons (Fsp3) is 0.500. The first-order valence-electron chi connectivity index (χ1n) is 6.01. The number of rotatable bonds is 5. The third-order valence-corrected chi connectivity index (χ3v) is 4.47. The van der Waals surface area contributed by atoms with Gasteiger partial charge in [0, 0.05) is 11.8 Å². The summed E-state index contributed by atoms with van der Waals surface area (Å²) in [4.78, 5) is 0. The van der Waals surface area contributed by atoms with Crippen molar-refractivity contribution in [2.75, 3.05) is 13.2 Å². The number of ether oxygens (including phenoxy) is 1. The standard InChI is InChI=1S/C12H17NO4S2.Na.H/c14-19(15,16)13-7-12(18)6-11(13)9-17-8-10-4-2-1-3-5-10;;/h1-5,11-12,18H,6-9H2,(H,14,15,16);;/q;+1;-1. The molecule has 1 aliphatic rings. The summed E-state index contributed by atoms with van der Waals surface area (Å²) < 4.78 is 38.1. The van der Waals surface area contributed by atoms with Crippen LogP contribution in [-0.2, 0) is 21.6 Å². The fourth-order valence-corrected chi connectivity index (χ4v) is 3.61. The van der Waals surface area contributed by atoms with Crippen molar-refractivity contribution in [1.29, 1.82) is 0 Å². The predicted molar refractivity (Wildman–Crippen MR) is 76.6 cm³/mol. The van der Waals surface area contributed by atoms with Crippen LogP contribution in [0.4, 0.5) is 0 Å². The van der Waals surface area contributed by atoms with Gasteiger partial charge >= 0.3 is 39.9 Å². The molecule has 0 aromatic heterocycles. The van der Waals surface area contributed by atoms with Crippen LogP contribution in [0.15, 0.2) is 30.3 Å². The van der Waals surface area contributed by atoms with Gasteiger partial charge in [0.25, 0.3) is 0 Å². The van der Waals surface area contributed by atoms with E-state index >= 15 is 0 Å². The van der Waals surface area contributed by atoms with Gasteiger partial charge in [-0.2, -0.15) is 25.4 Å². The molecule has 2 atom stereocenters. The summed E-state index contributed by atoms with van der Waals surface area (Å²) in [5.41, 5.74) is 1.03. The van der Waals surface area contributed by atoms with Gasteiger partial charge in [0.1, 0.15) is 0 Å². The van der Waals surface area contributed by atoms with Gasteiger partial charge in [-0.3, -0.25) is 4.55 Å². The van der Waals surface area contributed by atoms with Crippen molar-refractivity contribution in [1.82, 2.24) is 4.31 Å². The van der Waals surface area contributed by atoms with Gasteiger partial charge in [0.05, 0.1) is 19.3 Å². The van der Waals surface area contributed by atoms with E-state index in [-0.39, 0.29) is 55.4 Å². The topological polar surface area (TPSA) is 66.8 Å². The van der Waals surface area contributed by atoms with E-state index < -0.39 is 10.3 Å². The molecule has 0 bridgehead atoms. The summed E-state index contributed by atoms with van der Waals surface area (Å²) in [7, 11) is -4.18. The van der Waals surface area contributed by atoms with Crippen molar-refractivity contribution in [3.8, 4) is 0 Å². The molecular weight excluding hydrogens is 309 g/mol. The molecular formula is C12H18NNaO4S2. The van der Waals surface area contributed by atoms with E-state index in [9.17, 15) is 8.42 Å². The maximum Gasteiger partial charge on any atom is 1.00 e. The average molecular weight is 327 g/mol. The van der Waals surface area contributed by atoms with Gasteiger partial charge in [-0.1, -0.05) is 30.3 Å². The Labute approximate surface area is 148 Å². The molecule has 2 unspecified atom stereocenters. The second kappa shape index (κ2) is 8.14. The molecule has 1 aliphatic heterocycles. The molecule has 0 saturated carbocycles. The van der Waals surface area contributed by atoms with Crippen molar-refractivity contribution in [3.63, 3.8) is 0 Å². The van der Waals surface area contributed by atoms with Gasteiger partial charge in [-0.15, -0.1) is 0 Å². The molecule has 1 aromatic rings. The summed E-state index contributed by atoms with van der Waals surface area (Å²) in [5, 5.41) is -0.0627. The second-order valence-electron chi connectivity index (χ2n) is 4.59. The van der Waals surface area contributed by atoms with Crippen LogP contribution >= 0.6 is 12.6 Å². The Kier molecular flexibility index (Phi) is 7.51. The summed E-state index contributed by atoms with van der Waals surface area (Å²) in [5.74, 6) is 0. The molecule has 20 heavy (non-hydrogen) atoms. The van der Waals surface area contributed by atoms with Crippen LogP contribution in [0.25, 0.3) is 0 Å². The minimum absolute atomic E-state index is 0. The summed E-state index contributed by atoms with van der Waals surface area (Å²) in [6.07, 6.45) is 0.581. The Balaban J connectivity index is 0.00000200. The molecule has 108 valence electrons. The molecule has 1 aromatic carbocycles. The van der Waals surface area contributed by atoms with E-state index in [2.05, 4.69) is 12.6 Å². The minimum Gasteiger partial charge on any atom is -1.00 e. The Hall–Kier alpha value is 0.400. The zero-order valence-corrected chi connectivity index (χ0v) is 15.1. The molecule has 8 heteroatoms. The third-order valence-electron chi connectivity index (χ3n) is 3.06. The Morgan fingerprint density at radius 1 is 1.40 bits per heavy atom. The van der Waals surface area contributed by atoms with E-state index in [4.69, 9.17) is 9.29 Å². The SMILES string of the molecule is O=S(=O)(O)N1CC(S)CC1COCc1ccccc1.[H-].[Na+]. The van der Waals surface area contributed by atoms with Crippen LogP contribution in [0.1, 0.15) is 13.4 Å². The van der Waals surface area contributed by atoms with E-state index in [0.29, 0.717) is 13.0 Å². The van der Waals surface area contributed by atoms with Crippen molar-refractivity contribution in [3.05, 3.63) is 35.9 Å². The first kappa shape index (κ1) is 18.4. The Bertz CT molecular complexity index is 517. The first-order valence-corrected chi connectivity index (χ1v) is 7.92. The summed E-state index contributed by atoms with van der Waals surface area (Å²) >= 11 is 4.26. The van der Waals surface area contributed by atoms with Crippen LogP contribution in [0.5, 0.6) is 0 Å². The van der Waals surface area contributed by atoms with Crippen LogP contribution < -0.4 is 29.6 Å². The molecule has 0 amide bonds. The number of benzene rings is 1. The molecule has 1 N–H and O–H groups in total. The fourth-order valence-electron chi connectivity index (χ4n) is 2.18. The quantitative estimate of drug-likeness (QED) is 0.392. The normalized spacial score (nSPS) is 23.5. The molecule has 0 radical (unpaired) electrons. The van der Waals surface area contributed by atoms with E-state index in [1.54, 1.807) is 0 Å². The molecule has 1 fully saturated rings. The molecule has 2 rings (SSSR count). The van der Waals surface area contributed by atoms with Gasteiger partial charge in [-0.25, -0.2) is 0 Å². The predicted octanol–water partition coefficient (Wildman–Crippen LogP) is -1.50. The Morgan fingerprint density at radius 3 is 2.65 bits per heavy atom. The molecule has 0 aliphatic carbocycles. The van der Waals surface area contributed by atoms with Crippen LogP contribution in [0.3, 0.4) is 0 Å². The van der Waals surface area contributed by atoms with Crippen LogP contribution in [-0.4, -0.2) is 41.7 Å². The summed E-state index contributed by atoms with van der Waals surface area (Å²) in [6.45, 7) is 0.904. The minimum atomic E-state index is -4.18. The van der Waals surface area contributed by atoms with Crippen molar-refractivity contribution in [2.45, 2.75) is 24.3 Å². The van der Waals surface area contributed by atoms with Crippen LogP contribution in [0, 0.1) is 0 Å².